The molecule has 150 valence electrons. The maximum Gasteiger partial charge on any atom is 0.220 e. The number of nitrogen functional groups attached to an aromatic ring is 1. The van der Waals surface area contributed by atoms with Crippen LogP contribution in [-0.4, -0.2) is 50.9 Å². The Kier molecular flexibility index (Phi) is 4.63. The number of nitrogens with two attached hydrogens (primary N) is 1. The summed E-state index contributed by atoms with van der Waals surface area (Å²) >= 11 is 6.13. The lowest BCUT2D eigenvalue weighted by atomic mass is 10.1. The number of nitrogens with one attached hydrogen (secondary N) is 1. The van der Waals surface area contributed by atoms with Crippen LogP contribution in [0.2, 0.25) is 5.02 Å². The van der Waals surface area contributed by atoms with Gasteiger partial charge < -0.3 is 20.5 Å². The molecule has 0 unspecified atom stereocenters. The first-order valence-corrected chi connectivity index (χ1v) is 9.66. The summed E-state index contributed by atoms with van der Waals surface area (Å²) < 4.78 is 0. The van der Waals surface area contributed by atoms with Gasteiger partial charge >= 0.3 is 0 Å². The Labute approximate surface area is 171 Å². The molecule has 0 saturated carbocycles. The van der Waals surface area contributed by atoms with Gasteiger partial charge in [0.1, 0.15) is 11.5 Å². The van der Waals surface area contributed by atoms with Crippen molar-refractivity contribution in [3.05, 3.63) is 35.6 Å². The summed E-state index contributed by atoms with van der Waals surface area (Å²) in [4.78, 5) is 28.4. The van der Waals surface area contributed by atoms with Gasteiger partial charge in [-0.1, -0.05) is 11.6 Å². The minimum Gasteiger partial charge on any atom is -0.397 e. The number of pyridine rings is 2. The fourth-order valence-corrected chi connectivity index (χ4v) is 4.31. The van der Waals surface area contributed by atoms with Crippen LogP contribution in [0.5, 0.6) is 0 Å². The van der Waals surface area contributed by atoms with Crippen molar-refractivity contribution in [2.45, 2.75) is 32.9 Å². The zero-order valence-electron chi connectivity index (χ0n) is 16.1. The molecule has 7 nitrogen and oxygen atoms in total. The van der Waals surface area contributed by atoms with Crippen LogP contribution >= 0.6 is 11.6 Å². The van der Waals surface area contributed by atoms with Crippen LogP contribution in [0.4, 0.5) is 11.5 Å². The van der Waals surface area contributed by atoms with Gasteiger partial charge in [0.2, 0.25) is 5.91 Å². The standard InChI is InChI=1S/C20H23ClN6O.2H2/c1-11-9-26(10-12(2)27(11)13(3)28)18-5-4-17(22)19(25-18)16-8-24-20-15(16)6-14(21)7-23-20;;/h4-8,11-12H,9-10,22H2,1-3H3,(H,23,24);2*1H/t11-,12+;;. The molecule has 8 heteroatoms. The lowest BCUT2D eigenvalue weighted by Crippen LogP contribution is -2.58. The highest BCUT2D eigenvalue weighted by molar-refractivity contribution is 6.31. The first-order chi connectivity index (χ1) is 13.3. The predicted molar refractivity (Wildman–Crippen MR) is 117 cm³/mol. The van der Waals surface area contributed by atoms with Gasteiger partial charge in [-0.3, -0.25) is 4.79 Å². The molecule has 4 heterocycles. The third-order valence-corrected chi connectivity index (χ3v) is 5.48. The minimum atomic E-state index is 0. The largest absolute Gasteiger partial charge is 0.397 e. The van der Waals surface area contributed by atoms with Crippen molar-refractivity contribution in [1.29, 1.82) is 0 Å². The monoisotopic (exact) mass is 402 g/mol. The molecule has 3 aromatic rings. The number of amides is 1. The second-order valence-electron chi connectivity index (χ2n) is 7.39. The highest BCUT2D eigenvalue weighted by atomic mass is 35.5. The van der Waals surface area contributed by atoms with Crippen molar-refractivity contribution in [2.75, 3.05) is 23.7 Å². The molecule has 1 fully saturated rings. The number of H-pyrrole nitrogens is 1. The molecule has 2 atom stereocenters. The van der Waals surface area contributed by atoms with Crippen LogP contribution < -0.4 is 10.6 Å². The number of hydrogen-bond donors (Lipinski definition) is 2. The molecule has 0 bridgehead atoms. The molecule has 0 spiro atoms. The quantitative estimate of drug-likeness (QED) is 0.680. The van der Waals surface area contributed by atoms with E-state index in [1.54, 1.807) is 13.1 Å². The van der Waals surface area contributed by atoms with E-state index < -0.39 is 0 Å². The number of aromatic nitrogens is 3. The van der Waals surface area contributed by atoms with Crippen molar-refractivity contribution < 1.29 is 7.65 Å². The Morgan fingerprint density at radius 3 is 2.71 bits per heavy atom. The topological polar surface area (TPSA) is 91.1 Å². The molecule has 4 rings (SSSR count). The Bertz CT molecular complexity index is 1050. The van der Waals surface area contributed by atoms with Gasteiger partial charge in [0.05, 0.1) is 16.4 Å². The van der Waals surface area contributed by atoms with E-state index in [-0.39, 0.29) is 20.8 Å². The Balaban J connectivity index is 0.00000160. The number of rotatable bonds is 2. The lowest BCUT2D eigenvalue weighted by molar-refractivity contribution is -0.133. The number of aromatic amines is 1. The van der Waals surface area contributed by atoms with Crippen LogP contribution in [0, 0.1) is 0 Å². The average molecular weight is 403 g/mol. The molecule has 1 saturated heterocycles. The van der Waals surface area contributed by atoms with Crippen LogP contribution in [-0.2, 0) is 4.79 Å². The maximum atomic E-state index is 11.9. The van der Waals surface area contributed by atoms with Gasteiger partial charge in [-0.15, -0.1) is 0 Å². The molecule has 3 aromatic heterocycles. The molecule has 0 aromatic carbocycles. The van der Waals surface area contributed by atoms with E-state index in [1.807, 2.05) is 29.3 Å². The number of anilines is 2. The molecule has 1 aliphatic rings. The summed E-state index contributed by atoms with van der Waals surface area (Å²) in [6.07, 6.45) is 3.46. The van der Waals surface area contributed by atoms with E-state index in [2.05, 4.69) is 28.7 Å². The molecule has 1 amide bonds. The summed E-state index contributed by atoms with van der Waals surface area (Å²) in [6.45, 7) is 7.20. The van der Waals surface area contributed by atoms with Gasteiger partial charge in [0.25, 0.3) is 0 Å². The van der Waals surface area contributed by atoms with Gasteiger partial charge in [0, 0.05) is 58.3 Å². The second kappa shape index (κ2) is 6.98. The maximum absolute atomic E-state index is 11.9. The Morgan fingerprint density at radius 1 is 1.32 bits per heavy atom. The average Bonchev–Trinajstić information content (AvgIpc) is 3.04. The van der Waals surface area contributed by atoms with Gasteiger partial charge in [-0.05, 0) is 32.0 Å². The summed E-state index contributed by atoms with van der Waals surface area (Å²) in [5.74, 6) is 0.948. The van der Waals surface area contributed by atoms with Crippen LogP contribution in [0.25, 0.3) is 22.3 Å². The fourth-order valence-electron chi connectivity index (χ4n) is 4.16. The van der Waals surface area contributed by atoms with E-state index in [4.69, 9.17) is 22.3 Å². The first-order valence-electron chi connectivity index (χ1n) is 9.28. The van der Waals surface area contributed by atoms with Crippen molar-refractivity contribution in [1.82, 2.24) is 19.9 Å². The fraction of sp³-hybridized carbons (Fsp3) is 0.350. The van der Waals surface area contributed by atoms with Crippen molar-refractivity contribution >= 4 is 40.0 Å². The molecule has 3 N–H and O–H groups in total. The third kappa shape index (κ3) is 3.16. The molecule has 0 radical (unpaired) electrons. The van der Waals surface area contributed by atoms with E-state index in [0.717, 1.165) is 35.5 Å². The number of carbonyl (C=O) groups excluding carboxylic acids is 1. The van der Waals surface area contributed by atoms with Gasteiger partial charge in [0.15, 0.2) is 0 Å². The van der Waals surface area contributed by atoms with Crippen molar-refractivity contribution in [2.24, 2.45) is 0 Å². The van der Waals surface area contributed by atoms with Crippen molar-refractivity contribution in [3.63, 3.8) is 0 Å². The Morgan fingerprint density at radius 2 is 2.04 bits per heavy atom. The smallest absolute Gasteiger partial charge is 0.220 e. The van der Waals surface area contributed by atoms with Crippen molar-refractivity contribution in [3.8, 4) is 11.3 Å². The number of hydrogen-bond acceptors (Lipinski definition) is 5. The summed E-state index contributed by atoms with van der Waals surface area (Å²) in [5.41, 5.74) is 9.15. The number of fused-ring (bicyclic) bond motifs is 1. The first kappa shape index (κ1) is 18.6. The summed E-state index contributed by atoms with van der Waals surface area (Å²) in [7, 11) is 0. The second-order valence-corrected chi connectivity index (χ2v) is 7.83. The zero-order chi connectivity index (χ0) is 20.0. The van der Waals surface area contributed by atoms with Crippen LogP contribution in [0.15, 0.2) is 30.6 Å². The predicted octanol–water partition coefficient (Wildman–Crippen LogP) is 3.80. The van der Waals surface area contributed by atoms with E-state index in [1.165, 1.54) is 0 Å². The normalized spacial score (nSPS) is 20.0. The highest BCUT2D eigenvalue weighted by Gasteiger charge is 2.31. The molecule has 1 aliphatic heterocycles. The molecular weight excluding hydrogens is 376 g/mol. The number of carbonyl (C=O) groups is 1. The number of piperazine rings is 1. The van der Waals surface area contributed by atoms with Gasteiger partial charge in [-0.25, -0.2) is 9.97 Å². The highest BCUT2D eigenvalue weighted by Crippen LogP contribution is 2.33. The van der Waals surface area contributed by atoms with Gasteiger partial charge in [-0.2, -0.15) is 0 Å². The Hall–Kier alpha value is -2.80. The molecule has 28 heavy (non-hydrogen) atoms. The van der Waals surface area contributed by atoms with Crippen LogP contribution in [0.1, 0.15) is 23.6 Å². The van der Waals surface area contributed by atoms with E-state index in [9.17, 15) is 4.79 Å². The minimum absolute atomic E-state index is 0. The zero-order valence-corrected chi connectivity index (χ0v) is 16.9. The number of nitrogens with zero attached hydrogens (tertiary/aromatic N) is 4. The number of halogens is 1. The SMILES string of the molecule is CC(=O)N1[C@H](C)CN(c2ccc(N)c(-c3c[nH]c4ncc(Cl)cc34)n2)C[C@@H]1C.[HH].[HH]. The summed E-state index contributed by atoms with van der Waals surface area (Å²) in [6, 6.07) is 5.89. The summed E-state index contributed by atoms with van der Waals surface area (Å²) in [5, 5.41) is 1.44. The van der Waals surface area contributed by atoms with Crippen LogP contribution in [0.3, 0.4) is 0 Å². The molecular formula is C20H27ClN6O. The molecule has 0 aliphatic carbocycles. The van der Waals surface area contributed by atoms with E-state index in [0.29, 0.717) is 16.4 Å². The lowest BCUT2D eigenvalue weighted by Gasteiger charge is -2.44. The van der Waals surface area contributed by atoms with E-state index >= 15 is 0 Å². The third-order valence-electron chi connectivity index (χ3n) is 5.27.